The van der Waals surface area contributed by atoms with Crippen molar-refractivity contribution in [3.63, 3.8) is 0 Å². The van der Waals surface area contributed by atoms with Gasteiger partial charge in [0.25, 0.3) is 0 Å². The van der Waals surface area contributed by atoms with Gasteiger partial charge in [-0.1, -0.05) is 17.7 Å². The van der Waals surface area contributed by atoms with Crippen molar-refractivity contribution in [2.75, 3.05) is 37.7 Å². The number of nitrogens with zero attached hydrogens (tertiary/aromatic N) is 3. The number of rotatable bonds is 6. The maximum absolute atomic E-state index is 13.3. The number of aromatic nitrogens is 1. The van der Waals surface area contributed by atoms with E-state index in [1.807, 2.05) is 42.6 Å². The molecule has 3 aromatic rings. The summed E-state index contributed by atoms with van der Waals surface area (Å²) >= 11 is 1.55. The minimum atomic E-state index is -0.663. The van der Waals surface area contributed by atoms with E-state index >= 15 is 0 Å². The summed E-state index contributed by atoms with van der Waals surface area (Å²) < 4.78 is 11.5. The smallest absolute Gasteiger partial charge is 0.343 e. The first-order valence-electron chi connectivity index (χ1n) is 14.6. The van der Waals surface area contributed by atoms with Gasteiger partial charge in [-0.3, -0.25) is 9.69 Å². The van der Waals surface area contributed by atoms with Crippen molar-refractivity contribution >= 4 is 28.4 Å². The second-order valence-corrected chi connectivity index (χ2v) is 12.8. The van der Waals surface area contributed by atoms with Crippen molar-refractivity contribution in [3.05, 3.63) is 64.0 Å². The van der Waals surface area contributed by atoms with E-state index in [2.05, 4.69) is 15.9 Å². The minimum absolute atomic E-state index is 0.193. The topological polar surface area (TPSA) is 92.2 Å². The van der Waals surface area contributed by atoms with Crippen LogP contribution in [0, 0.1) is 18.3 Å². The van der Waals surface area contributed by atoms with Gasteiger partial charge in [0.2, 0.25) is 0 Å². The molecule has 2 atom stereocenters. The van der Waals surface area contributed by atoms with Crippen molar-refractivity contribution in [1.29, 1.82) is 0 Å². The predicted molar refractivity (Wildman–Crippen MR) is 157 cm³/mol. The molecule has 7 rings (SSSR count). The van der Waals surface area contributed by atoms with E-state index in [1.165, 1.54) is 11.1 Å². The Labute approximate surface area is 243 Å². The Hall–Kier alpha value is -3.27. The van der Waals surface area contributed by atoms with Gasteiger partial charge in [-0.05, 0) is 80.3 Å². The van der Waals surface area contributed by atoms with Gasteiger partial charge < -0.3 is 19.5 Å². The molecule has 1 aliphatic carbocycles. The highest BCUT2D eigenvalue weighted by atomic mass is 32.1. The molecule has 41 heavy (non-hydrogen) atoms. The fourth-order valence-electron chi connectivity index (χ4n) is 6.85. The fourth-order valence-corrected chi connectivity index (χ4v) is 7.71. The number of piperidine rings is 1. The first-order valence-corrected chi connectivity index (χ1v) is 15.5. The molecule has 8 nitrogen and oxygen atoms in total. The molecular weight excluding hydrogens is 538 g/mol. The molecular formula is C32H35N3O5S. The van der Waals surface area contributed by atoms with Crippen LogP contribution in [0.25, 0.3) is 11.3 Å². The Kier molecular flexibility index (Phi) is 6.84. The third-order valence-corrected chi connectivity index (χ3v) is 10.4. The highest BCUT2D eigenvalue weighted by molar-refractivity contribution is 7.14. The molecule has 2 saturated heterocycles. The molecule has 1 aromatic heterocycles. The zero-order chi connectivity index (χ0) is 28.1. The molecule has 3 fully saturated rings. The Morgan fingerprint density at radius 3 is 2.78 bits per heavy atom. The van der Waals surface area contributed by atoms with Crippen LogP contribution in [0.3, 0.4) is 0 Å². The third kappa shape index (κ3) is 5.04. The molecule has 0 amide bonds. The number of hydrogen-bond acceptors (Lipinski definition) is 8. The lowest BCUT2D eigenvalue weighted by Crippen LogP contribution is -2.42. The van der Waals surface area contributed by atoms with Crippen LogP contribution in [0.5, 0.6) is 5.75 Å². The molecule has 4 heterocycles. The van der Waals surface area contributed by atoms with Crippen LogP contribution >= 0.6 is 11.3 Å². The zero-order valence-electron chi connectivity index (χ0n) is 23.3. The van der Waals surface area contributed by atoms with Crippen LogP contribution < -0.4 is 9.64 Å². The van der Waals surface area contributed by atoms with Crippen LogP contribution in [0.1, 0.15) is 52.7 Å². The van der Waals surface area contributed by atoms with Gasteiger partial charge in [0.05, 0.1) is 16.7 Å². The summed E-state index contributed by atoms with van der Waals surface area (Å²) in [6.07, 6.45) is 4.51. The quantitative estimate of drug-likeness (QED) is 0.319. The van der Waals surface area contributed by atoms with E-state index in [0.717, 1.165) is 80.5 Å². The summed E-state index contributed by atoms with van der Waals surface area (Å²) in [6.45, 7) is 7.02. The number of benzene rings is 2. The Balaban J connectivity index is 1.06. The summed E-state index contributed by atoms with van der Waals surface area (Å²) in [4.78, 5) is 34.7. The maximum atomic E-state index is 13.3. The number of carbonyl (C=O) groups is 2. The van der Waals surface area contributed by atoms with Crippen molar-refractivity contribution in [3.8, 4) is 17.0 Å². The average molecular weight is 574 g/mol. The number of thiazole rings is 1. The Bertz CT molecular complexity index is 1500. The molecule has 0 radical (unpaired) electrons. The number of fused-ring (bicyclic) bond motifs is 2. The fraction of sp³-hybridized carbons (Fsp3) is 0.469. The van der Waals surface area contributed by atoms with Gasteiger partial charge >= 0.3 is 11.9 Å². The van der Waals surface area contributed by atoms with Gasteiger partial charge in [0, 0.05) is 56.4 Å². The summed E-state index contributed by atoms with van der Waals surface area (Å²) in [5, 5.41) is 12.5. The van der Waals surface area contributed by atoms with Crippen molar-refractivity contribution < 1.29 is 24.2 Å². The van der Waals surface area contributed by atoms with Crippen LogP contribution in [0.2, 0.25) is 0 Å². The second-order valence-electron chi connectivity index (χ2n) is 12.0. The van der Waals surface area contributed by atoms with E-state index in [9.17, 15) is 14.7 Å². The van der Waals surface area contributed by atoms with Gasteiger partial charge in [-0.25, -0.2) is 9.78 Å². The lowest BCUT2D eigenvalue weighted by molar-refractivity contribution is -0.144. The van der Waals surface area contributed by atoms with Crippen LogP contribution in [-0.4, -0.2) is 65.8 Å². The molecule has 214 valence electrons. The molecule has 1 N–H and O–H groups in total. The lowest BCUT2D eigenvalue weighted by Gasteiger charge is -2.37. The maximum Gasteiger partial charge on any atom is 0.343 e. The monoisotopic (exact) mass is 573 g/mol. The number of carboxylic acid groups (broad SMARTS) is 1. The van der Waals surface area contributed by atoms with Crippen LogP contribution in [0.15, 0.2) is 41.8 Å². The van der Waals surface area contributed by atoms with E-state index in [4.69, 9.17) is 14.5 Å². The van der Waals surface area contributed by atoms with Gasteiger partial charge in [-0.15, -0.1) is 11.3 Å². The second kappa shape index (κ2) is 10.5. The van der Waals surface area contributed by atoms with Crippen molar-refractivity contribution in [2.45, 2.75) is 51.6 Å². The number of aliphatic carboxylic acids is 1. The van der Waals surface area contributed by atoms with Gasteiger partial charge in [-0.2, -0.15) is 0 Å². The number of aryl methyl sites for hydroxylation is 1. The number of ether oxygens (including phenoxy) is 2. The van der Waals surface area contributed by atoms with Crippen LogP contribution in [0.4, 0.5) is 5.13 Å². The number of carbonyl (C=O) groups excluding carboxylic acids is 1. The molecule has 3 aliphatic heterocycles. The van der Waals surface area contributed by atoms with Crippen molar-refractivity contribution in [2.24, 2.45) is 11.3 Å². The number of hydrogen-bond donors (Lipinski definition) is 1. The normalized spacial score (nSPS) is 24.4. The van der Waals surface area contributed by atoms with Crippen LogP contribution in [-0.2, 0) is 22.5 Å². The number of anilines is 1. The van der Waals surface area contributed by atoms with Gasteiger partial charge in [0.1, 0.15) is 5.75 Å². The number of esters is 1. The molecule has 0 unspecified atom stereocenters. The minimum Gasteiger partial charge on any atom is -0.481 e. The molecule has 0 bridgehead atoms. The van der Waals surface area contributed by atoms with E-state index in [1.54, 1.807) is 11.3 Å². The largest absolute Gasteiger partial charge is 0.481 e. The Morgan fingerprint density at radius 2 is 1.98 bits per heavy atom. The molecule has 2 aromatic carbocycles. The highest BCUT2D eigenvalue weighted by Crippen LogP contribution is 2.58. The average Bonchev–Trinajstić information content (AvgIpc) is 3.55. The summed E-state index contributed by atoms with van der Waals surface area (Å²) in [5.41, 5.74) is 5.16. The lowest BCUT2D eigenvalue weighted by atomic mass is 9.95. The SMILES string of the molecule is Cc1ccc(OC(=O)c2ccc3c(c2)CCN(C2CCOCC2)C3)c(-c2csc(N3CC[C@@]4(C(=O)O)C[C@H]4C3)n2)c1. The molecule has 4 aliphatic rings. The molecule has 9 heteroatoms. The first kappa shape index (κ1) is 26.6. The highest BCUT2D eigenvalue weighted by Gasteiger charge is 2.62. The number of carboxylic acids is 1. The summed E-state index contributed by atoms with van der Waals surface area (Å²) in [5.74, 6) is -0.344. The molecule has 0 spiro atoms. The zero-order valence-corrected chi connectivity index (χ0v) is 24.1. The van der Waals surface area contributed by atoms with E-state index in [-0.39, 0.29) is 11.9 Å². The summed E-state index contributed by atoms with van der Waals surface area (Å²) in [6, 6.07) is 12.3. The van der Waals surface area contributed by atoms with Gasteiger partial charge in [0.15, 0.2) is 5.13 Å². The third-order valence-electron chi connectivity index (χ3n) is 9.49. The summed E-state index contributed by atoms with van der Waals surface area (Å²) in [7, 11) is 0. The van der Waals surface area contributed by atoms with Crippen molar-refractivity contribution in [1.82, 2.24) is 9.88 Å². The first-order chi connectivity index (χ1) is 19.9. The van der Waals surface area contributed by atoms with E-state index in [0.29, 0.717) is 30.3 Å². The predicted octanol–water partition coefficient (Wildman–Crippen LogP) is 5.18. The molecule has 1 saturated carbocycles. The Morgan fingerprint density at radius 1 is 1.12 bits per heavy atom. The standard InChI is InChI=1S/C32H35N3O5S/c1-20-2-5-28(26(14-20)27-19-41-31(33-27)35-11-9-32(30(37)38)16-24(32)18-35)40-29(36)22-3-4-23-17-34(10-6-21(23)15-22)25-7-12-39-13-8-25/h2-5,14-15,19,24-25H,6-13,16-18H2,1H3,(H,37,38)/t24-,32+/m0/s1. The van der Waals surface area contributed by atoms with E-state index < -0.39 is 11.4 Å².